The molecule has 1 aliphatic heterocycles. The molecule has 4 aromatic rings. The van der Waals surface area contributed by atoms with Gasteiger partial charge < -0.3 is 24.4 Å². The topological polar surface area (TPSA) is 96.8 Å². The molecule has 2 amide bonds. The molecule has 0 radical (unpaired) electrons. The van der Waals surface area contributed by atoms with Crippen LogP contribution in [0.5, 0.6) is 5.75 Å². The summed E-state index contributed by atoms with van der Waals surface area (Å²) in [6, 6.07) is 13.5. The molecule has 0 saturated heterocycles. The highest BCUT2D eigenvalue weighted by Gasteiger charge is 2.45. The molecule has 12 heteroatoms. The van der Waals surface area contributed by atoms with Gasteiger partial charge >= 0.3 is 0 Å². The quantitative estimate of drug-likeness (QED) is 0.170. The largest absolute Gasteiger partial charge is 0.493 e. The summed E-state index contributed by atoms with van der Waals surface area (Å²) in [5.74, 6) is 0.222. The molecule has 0 atom stereocenters. The Kier molecular flexibility index (Phi) is 12.0. The van der Waals surface area contributed by atoms with E-state index in [1.54, 1.807) is 46.6 Å². The van der Waals surface area contributed by atoms with E-state index in [2.05, 4.69) is 16.4 Å². The Labute approximate surface area is 274 Å². The lowest BCUT2D eigenvalue weighted by molar-refractivity contribution is -0.137. The second kappa shape index (κ2) is 15.0. The number of hydrogen-bond donors (Lipinski definition) is 1. The fourth-order valence-corrected chi connectivity index (χ4v) is 6.06. The number of thiophene rings is 1. The van der Waals surface area contributed by atoms with Crippen LogP contribution in [0.1, 0.15) is 38.4 Å². The van der Waals surface area contributed by atoms with Crippen molar-refractivity contribution in [1.82, 2.24) is 14.9 Å². The van der Waals surface area contributed by atoms with Crippen molar-refractivity contribution in [2.75, 3.05) is 36.5 Å². The molecule has 0 spiro atoms. The maximum Gasteiger partial charge on any atom is 0.259 e. The summed E-state index contributed by atoms with van der Waals surface area (Å²) in [7, 11) is 1.71. The number of carbonyl (C=O) groups is 2. The molecule has 5 rings (SSSR count). The highest BCUT2D eigenvalue weighted by atomic mass is 35.5. The lowest BCUT2D eigenvalue weighted by Gasteiger charge is -2.27. The maximum atomic E-state index is 13.1. The number of aryl methyl sites for hydroxylation is 2. The first-order valence-corrected chi connectivity index (χ1v) is 15.2. The van der Waals surface area contributed by atoms with Gasteiger partial charge in [0.2, 0.25) is 11.8 Å². The highest BCUT2D eigenvalue weighted by Crippen LogP contribution is 2.40. The van der Waals surface area contributed by atoms with Crippen LogP contribution in [0.25, 0.3) is 10.1 Å². The van der Waals surface area contributed by atoms with Crippen molar-refractivity contribution in [3.63, 3.8) is 0 Å². The second-order valence-electron chi connectivity index (χ2n) is 11.0. The van der Waals surface area contributed by atoms with E-state index >= 15 is 0 Å². The Balaban J connectivity index is 0.00000264. The Hall–Kier alpha value is -3.44. The summed E-state index contributed by atoms with van der Waals surface area (Å²) >= 11 is 1.58. The van der Waals surface area contributed by atoms with Gasteiger partial charge in [-0.3, -0.25) is 19.4 Å². The molecule has 1 aliphatic rings. The third kappa shape index (κ3) is 7.26. The van der Waals surface area contributed by atoms with E-state index in [1.165, 1.54) is 0 Å². The van der Waals surface area contributed by atoms with Crippen molar-refractivity contribution in [3.8, 4) is 5.75 Å². The van der Waals surface area contributed by atoms with Crippen molar-refractivity contribution in [1.29, 1.82) is 0 Å². The summed E-state index contributed by atoms with van der Waals surface area (Å²) in [6.07, 6.45) is 5.15. The molecular weight excluding hydrogens is 621 g/mol. The minimum absolute atomic E-state index is 0. The van der Waals surface area contributed by atoms with Crippen LogP contribution in [-0.4, -0.2) is 48.1 Å². The van der Waals surface area contributed by atoms with Crippen molar-refractivity contribution >= 4 is 69.4 Å². The molecule has 3 aromatic heterocycles. The number of ether oxygens (including phenoxy) is 1. The van der Waals surface area contributed by atoms with Gasteiger partial charge in [-0.05, 0) is 81.1 Å². The standard InChI is InChI=1S/C32H37N5O4S.2ClH/c1-5-37-26-8-7-24(20-27(26)35(4)30(39)32(2,3)31(37)40)41-17-6-13-33-21-22-9-14-34-23(19-22)10-15-36-16-11-28-25(29(36)38)12-18-42-28;;/h7-9,11-12,14,16,18-20,33H,5-6,10,13,15,17,21H2,1-4H3;2*1H. The van der Waals surface area contributed by atoms with Gasteiger partial charge in [0.15, 0.2) is 0 Å². The van der Waals surface area contributed by atoms with Crippen molar-refractivity contribution in [3.05, 3.63) is 81.8 Å². The van der Waals surface area contributed by atoms with Gasteiger partial charge in [0.1, 0.15) is 11.2 Å². The van der Waals surface area contributed by atoms with Gasteiger partial charge in [-0.2, -0.15) is 0 Å². The van der Waals surface area contributed by atoms with E-state index in [4.69, 9.17) is 4.74 Å². The predicted octanol–water partition coefficient (Wildman–Crippen LogP) is 5.46. The fraction of sp³-hybridized carbons (Fsp3) is 0.375. The lowest BCUT2D eigenvalue weighted by Crippen LogP contribution is -2.47. The molecule has 9 nitrogen and oxygen atoms in total. The van der Waals surface area contributed by atoms with Crippen LogP contribution >= 0.6 is 36.2 Å². The van der Waals surface area contributed by atoms with Gasteiger partial charge in [0.05, 0.1) is 23.4 Å². The monoisotopic (exact) mass is 659 g/mol. The highest BCUT2D eigenvalue weighted by molar-refractivity contribution is 7.17. The van der Waals surface area contributed by atoms with Crippen LogP contribution in [0.3, 0.4) is 0 Å². The van der Waals surface area contributed by atoms with Gasteiger partial charge in [-0.15, -0.1) is 36.2 Å². The second-order valence-corrected chi connectivity index (χ2v) is 11.9. The van der Waals surface area contributed by atoms with E-state index in [9.17, 15) is 14.4 Å². The van der Waals surface area contributed by atoms with E-state index in [0.717, 1.165) is 34.3 Å². The number of pyridine rings is 2. The number of rotatable bonds is 11. The molecule has 0 bridgehead atoms. The van der Waals surface area contributed by atoms with E-state index in [-0.39, 0.29) is 42.2 Å². The summed E-state index contributed by atoms with van der Waals surface area (Å²) in [5, 5.41) is 6.17. The third-order valence-corrected chi connectivity index (χ3v) is 8.59. The number of carbonyl (C=O) groups excluding carboxylic acids is 2. The Bertz CT molecular complexity index is 1670. The van der Waals surface area contributed by atoms with Crippen LogP contribution in [0.4, 0.5) is 11.4 Å². The summed E-state index contributed by atoms with van der Waals surface area (Å²) < 4.78 is 8.77. The third-order valence-electron chi connectivity index (χ3n) is 7.71. The zero-order chi connectivity index (χ0) is 29.9. The minimum Gasteiger partial charge on any atom is -0.493 e. The van der Waals surface area contributed by atoms with Crippen LogP contribution in [-0.2, 0) is 29.1 Å². The molecular formula is C32H39Cl2N5O4S. The van der Waals surface area contributed by atoms with Crippen LogP contribution in [0, 0.1) is 5.41 Å². The van der Waals surface area contributed by atoms with E-state index < -0.39 is 5.41 Å². The minimum atomic E-state index is -1.13. The average molecular weight is 661 g/mol. The van der Waals surface area contributed by atoms with Crippen molar-refractivity contribution in [2.45, 2.75) is 46.7 Å². The first kappa shape index (κ1) is 35.0. The normalized spacial score (nSPS) is 14.1. The molecule has 44 heavy (non-hydrogen) atoms. The lowest BCUT2D eigenvalue weighted by atomic mass is 9.90. The molecule has 236 valence electrons. The molecule has 4 heterocycles. The molecule has 1 N–H and O–H groups in total. The predicted molar refractivity (Wildman–Crippen MR) is 182 cm³/mol. The first-order chi connectivity index (χ1) is 20.2. The fourth-order valence-electron chi connectivity index (χ4n) is 5.28. The molecule has 0 saturated carbocycles. The average Bonchev–Trinajstić information content (AvgIpc) is 3.47. The van der Waals surface area contributed by atoms with Crippen LogP contribution < -0.4 is 25.4 Å². The van der Waals surface area contributed by atoms with Gasteiger partial charge in [-0.25, -0.2) is 0 Å². The number of fused-ring (bicyclic) bond motifs is 2. The SMILES string of the molecule is CCN1C(=O)C(C)(C)C(=O)N(C)c2cc(OCCCNCc3ccnc(CCn4ccc5sccc5c4=O)c3)ccc21.Cl.Cl. The summed E-state index contributed by atoms with van der Waals surface area (Å²) in [6.45, 7) is 8.31. The van der Waals surface area contributed by atoms with Crippen LogP contribution in [0.15, 0.2) is 65.0 Å². The number of nitrogens with zero attached hydrogens (tertiary/aromatic N) is 4. The molecule has 0 unspecified atom stereocenters. The Morgan fingerprint density at radius 3 is 2.57 bits per heavy atom. The summed E-state index contributed by atoms with van der Waals surface area (Å²) in [4.78, 5) is 46.5. The van der Waals surface area contributed by atoms with Crippen molar-refractivity contribution in [2.24, 2.45) is 5.41 Å². The number of amides is 2. The molecule has 0 fully saturated rings. The number of nitrogens with one attached hydrogen (secondary N) is 1. The number of hydrogen-bond acceptors (Lipinski definition) is 7. The van der Waals surface area contributed by atoms with Crippen LogP contribution in [0.2, 0.25) is 0 Å². The zero-order valence-corrected chi connectivity index (χ0v) is 27.8. The van der Waals surface area contributed by atoms with Crippen molar-refractivity contribution < 1.29 is 14.3 Å². The number of benzene rings is 1. The zero-order valence-electron chi connectivity index (χ0n) is 25.4. The smallest absolute Gasteiger partial charge is 0.259 e. The number of halogens is 2. The Morgan fingerprint density at radius 2 is 1.80 bits per heavy atom. The maximum absolute atomic E-state index is 13.1. The van der Waals surface area contributed by atoms with Gasteiger partial charge in [-0.1, -0.05) is 0 Å². The van der Waals surface area contributed by atoms with Gasteiger partial charge in [0.25, 0.3) is 5.56 Å². The number of aromatic nitrogens is 2. The van der Waals surface area contributed by atoms with E-state index in [0.29, 0.717) is 49.8 Å². The van der Waals surface area contributed by atoms with E-state index in [1.807, 2.05) is 61.1 Å². The van der Waals surface area contributed by atoms with Gasteiger partial charge in [0, 0.05) is 62.0 Å². The number of anilines is 2. The first-order valence-electron chi connectivity index (χ1n) is 14.3. The summed E-state index contributed by atoms with van der Waals surface area (Å²) in [5.41, 5.74) is 2.38. The molecule has 1 aromatic carbocycles. The Morgan fingerprint density at radius 1 is 1.00 bits per heavy atom. The molecule has 0 aliphatic carbocycles.